The Kier molecular flexibility index (Phi) is 7.54. The van der Waals surface area contributed by atoms with E-state index in [1.807, 2.05) is 11.8 Å². The molecular formula is C8H16BrNS. The molecule has 1 nitrogen and oxygen atoms in total. The molecule has 0 aliphatic heterocycles. The van der Waals surface area contributed by atoms with Gasteiger partial charge < -0.3 is 5.32 Å². The van der Waals surface area contributed by atoms with Crippen molar-refractivity contribution in [1.29, 1.82) is 0 Å². The fourth-order valence-corrected chi connectivity index (χ4v) is 1.51. The third-order valence-electron chi connectivity index (χ3n) is 1.21. The van der Waals surface area contributed by atoms with Crippen LogP contribution in [0.3, 0.4) is 0 Å². The molecule has 0 bridgehead atoms. The summed E-state index contributed by atoms with van der Waals surface area (Å²) >= 11 is 5.27. The largest absolute Gasteiger partial charge is 0.309 e. The lowest BCUT2D eigenvalue weighted by atomic mass is 10.4. The van der Waals surface area contributed by atoms with Gasteiger partial charge in [0.05, 0.1) is 0 Å². The van der Waals surface area contributed by atoms with Crippen LogP contribution in [0.5, 0.6) is 0 Å². The second-order valence-electron chi connectivity index (χ2n) is 2.46. The maximum absolute atomic E-state index is 3.75. The van der Waals surface area contributed by atoms with Gasteiger partial charge in [0, 0.05) is 22.8 Å². The highest BCUT2D eigenvalue weighted by Crippen LogP contribution is 2.03. The van der Waals surface area contributed by atoms with Gasteiger partial charge in [-0.2, -0.15) is 11.8 Å². The lowest BCUT2D eigenvalue weighted by molar-refractivity contribution is 0.639. The van der Waals surface area contributed by atoms with E-state index in [0.29, 0.717) is 6.04 Å². The molecule has 11 heavy (non-hydrogen) atoms. The smallest absolute Gasteiger partial charge is 0.0268 e. The monoisotopic (exact) mass is 237 g/mol. The fourth-order valence-electron chi connectivity index (χ4n) is 0.639. The lowest BCUT2D eigenvalue weighted by Gasteiger charge is -2.11. The number of nitrogens with one attached hydrogen (secondary N) is 1. The third kappa shape index (κ3) is 8.44. The summed E-state index contributed by atoms with van der Waals surface area (Å²) in [5, 5.41) is 3.35. The molecule has 0 aromatic carbocycles. The Morgan fingerprint density at radius 1 is 1.73 bits per heavy atom. The minimum Gasteiger partial charge on any atom is -0.309 e. The molecule has 0 spiro atoms. The van der Waals surface area contributed by atoms with Crippen LogP contribution in [0.4, 0.5) is 0 Å². The molecule has 0 aliphatic carbocycles. The zero-order chi connectivity index (χ0) is 8.69. The van der Waals surface area contributed by atoms with Gasteiger partial charge in [0.1, 0.15) is 0 Å². The first-order valence-corrected chi connectivity index (χ1v) is 5.76. The Labute approximate surface area is 82.1 Å². The molecule has 3 heteroatoms. The zero-order valence-corrected chi connectivity index (χ0v) is 9.59. The minimum absolute atomic E-state index is 0.578. The highest BCUT2D eigenvalue weighted by molar-refractivity contribution is 9.11. The maximum atomic E-state index is 3.75. The van der Waals surface area contributed by atoms with Crippen molar-refractivity contribution in [3.8, 4) is 0 Å². The Bertz CT molecular complexity index is 117. The number of hydrogen-bond acceptors (Lipinski definition) is 2. The van der Waals surface area contributed by atoms with E-state index in [9.17, 15) is 0 Å². The van der Waals surface area contributed by atoms with Crippen molar-refractivity contribution in [3.63, 3.8) is 0 Å². The molecule has 0 aromatic heterocycles. The molecule has 0 saturated heterocycles. The standard InChI is InChI=1S/C8H16BrNS/c1-4-11-6-8(3)10-5-7(2)9/h8,10H,2,4-6H2,1,3H3. The van der Waals surface area contributed by atoms with Crippen molar-refractivity contribution in [2.75, 3.05) is 18.1 Å². The summed E-state index contributed by atoms with van der Waals surface area (Å²) in [7, 11) is 0. The highest BCUT2D eigenvalue weighted by atomic mass is 79.9. The summed E-state index contributed by atoms with van der Waals surface area (Å²) in [6.07, 6.45) is 0. The van der Waals surface area contributed by atoms with E-state index < -0.39 is 0 Å². The molecule has 0 rings (SSSR count). The van der Waals surface area contributed by atoms with Crippen LogP contribution in [0.2, 0.25) is 0 Å². The van der Waals surface area contributed by atoms with Crippen molar-refractivity contribution < 1.29 is 0 Å². The van der Waals surface area contributed by atoms with Crippen LogP contribution in [0, 0.1) is 0 Å². The Balaban J connectivity index is 3.22. The van der Waals surface area contributed by atoms with Gasteiger partial charge in [-0.3, -0.25) is 0 Å². The van der Waals surface area contributed by atoms with Gasteiger partial charge in [0.2, 0.25) is 0 Å². The molecule has 0 aromatic rings. The van der Waals surface area contributed by atoms with E-state index in [4.69, 9.17) is 0 Å². The van der Waals surface area contributed by atoms with Crippen molar-refractivity contribution in [2.24, 2.45) is 0 Å². The molecule has 1 N–H and O–H groups in total. The Hall–Kier alpha value is 0.530. The summed E-state index contributed by atoms with van der Waals surface area (Å²) < 4.78 is 1.02. The predicted octanol–water partition coefficient (Wildman–Crippen LogP) is 2.63. The van der Waals surface area contributed by atoms with Crippen LogP contribution in [0.15, 0.2) is 11.1 Å². The van der Waals surface area contributed by atoms with Crippen molar-refractivity contribution in [1.82, 2.24) is 5.32 Å². The normalized spacial score (nSPS) is 13.0. The summed E-state index contributed by atoms with van der Waals surface area (Å²) in [5.74, 6) is 2.37. The van der Waals surface area contributed by atoms with Crippen LogP contribution < -0.4 is 5.32 Å². The van der Waals surface area contributed by atoms with E-state index >= 15 is 0 Å². The van der Waals surface area contributed by atoms with Gasteiger partial charge in [-0.15, -0.1) is 0 Å². The SMILES string of the molecule is C=C(Br)CNC(C)CSCC. The first kappa shape index (κ1) is 11.5. The van der Waals surface area contributed by atoms with Gasteiger partial charge in [-0.05, 0) is 12.7 Å². The number of hydrogen-bond donors (Lipinski definition) is 1. The Morgan fingerprint density at radius 2 is 2.36 bits per heavy atom. The van der Waals surface area contributed by atoms with E-state index in [1.54, 1.807) is 0 Å². The molecule has 1 unspecified atom stereocenters. The second kappa shape index (κ2) is 7.19. The molecule has 0 amide bonds. The van der Waals surface area contributed by atoms with Crippen LogP contribution >= 0.6 is 27.7 Å². The molecular weight excluding hydrogens is 222 g/mol. The van der Waals surface area contributed by atoms with Gasteiger partial charge in [-0.25, -0.2) is 0 Å². The van der Waals surface area contributed by atoms with Crippen LogP contribution in [0.25, 0.3) is 0 Å². The molecule has 0 fully saturated rings. The van der Waals surface area contributed by atoms with Crippen molar-refractivity contribution >= 4 is 27.7 Å². The molecule has 0 aliphatic rings. The first-order chi connectivity index (χ1) is 5.16. The molecule has 0 heterocycles. The average Bonchev–Trinajstić information content (AvgIpc) is 1.97. The van der Waals surface area contributed by atoms with Crippen LogP contribution in [-0.2, 0) is 0 Å². The van der Waals surface area contributed by atoms with Crippen LogP contribution in [0.1, 0.15) is 13.8 Å². The van der Waals surface area contributed by atoms with Crippen molar-refractivity contribution in [3.05, 3.63) is 11.1 Å². The van der Waals surface area contributed by atoms with E-state index in [1.165, 1.54) is 11.5 Å². The van der Waals surface area contributed by atoms with Crippen LogP contribution in [-0.4, -0.2) is 24.1 Å². The molecule has 0 radical (unpaired) electrons. The van der Waals surface area contributed by atoms with Gasteiger partial charge in [0.15, 0.2) is 0 Å². The second-order valence-corrected chi connectivity index (χ2v) is 4.90. The lowest BCUT2D eigenvalue weighted by Crippen LogP contribution is -2.29. The topological polar surface area (TPSA) is 12.0 Å². The Morgan fingerprint density at radius 3 is 2.82 bits per heavy atom. The fraction of sp³-hybridized carbons (Fsp3) is 0.750. The van der Waals surface area contributed by atoms with Crippen molar-refractivity contribution in [2.45, 2.75) is 19.9 Å². The number of halogens is 1. The van der Waals surface area contributed by atoms with E-state index in [-0.39, 0.29) is 0 Å². The third-order valence-corrected chi connectivity index (χ3v) is 2.64. The summed E-state index contributed by atoms with van der Waals surface area (Å²) in [6.45, 7) is 9.00. The first-order valence-electron chi connectivity index (χ1n) is 3.81. The number of rotatable bonds is 6. The summed E-state index contributed by atoms with van der Waals surface area (Å²) in [4.78, 5) is 0. The average molecular weight is 238 g/mol. The minimum atomic E-state index is 0.578. The van der Waals surface area contributed by atoms with Gasteiger partial charge >= 0.3 is 0 Å². The summed E-state index contributed by atoms with van der Waals surface area (Å²) in [5.41, 5.74) is 0. The predicted molar refractivity (Wildman–Crippen MR) is 58.5 cm³/mol. The molecule has 0 saturated carbocycles. The molecule has 66 valence electrons. The van der Waals surface area contributed by atoms with E-state index in [0.717, 1.165) is 11.0 Å². The number of thioether (sulfide) groups is 1. The zero-order valence-electron chi connectivity index (χ0n) is 7.19. The van der Waals surface area contributed by atoms with E-state index in [2.05, 4.69) is 41.7 Å². The maximum Gasteiger partial charge on any atom is 0.0268 e. The van der Waals surface area contributed by atoms with Gasteiger partial charge in [-0.1, -0.05) is 29.4 Å². The molecule has 1 atom stereocenters. The quantitative estimate of drug-likeness (QED) is 0.763. The highest BCUT2D eigenvalue weighted by Gasteiger charge is 1.99. The van der Waals surface area contributed by atoms with Gasteiger partial charge in [0.25, 0.3) is 0 Å². The summed E-state index contributed by atoms with van der Waals surface area (Å²) in [6, 6.07) is 0.578.